The molecule has 2 nitrogen and oxygen atoms in total. The monoisotopic (exact) mass is 230 g/mol. The molecule has 0 aromatic heterocycles. The average molecular weight is 230 g/mol. The Kier molecular flexibility index (Phi) is 3.80. The molecule has 0 aliphatic carbocycles. The van der Waals surface area contributed by atoms with E-state index in [0.29, 0.717) is 0 Å². The Labute approximate surface area is 90.7 Å². The molecule has 0 heterocycles. The molecule has 0 saturated heterocycles. The van der Waals surface area contributed by atoms with E-state index in [1.807, 2.05) is 0 Å². The first-order valence-electron chi connectivity index (χ1n) is 4.36. The molecule has 1 rings (SSSR count). The van der Waals surface area contributed by atoms with E-state index in [1.54, 1.807) is 0 Å². The van der Waals surface area contributed by atoms with Gasteiger partial charge in [-0.15, -0.1) is 6.42 Å². The van der Waals surface area contributed by atoms with Crippen LogP contribution in [0.25, 0.3) is 0 Å². The number of halogens is 3. The van der Waals surface area contributed by atoms with Crippen LogP contribution in [0.4, 0.5) is 13.2 Å². The number of benzene rings is 1. The normalized spacial score (nSPS) is 10.9. The van der Waals surface area contributed by atoms with E-state index < -0.39 is 18.3 Å². The fraction of sp³-hybridized carbons (Fsp3) is 0.273. The molecule has 86 valence electrons. The molecular formula is C11H9F3O2. The molecule has 0 spiro atoms. The van der Waals surface area contributed by atoms with Crippen LogP contribution in [0.15, 0.2) is 18.2 Å². The van der Waals surface area contributed by atoms with Gasteiger partial charge in [0.05, 0.1) is 12.2 Å². The summed E-state index contributed by atoms with van der Waals surface area (Å²) in [6.07, 6.45) is 0.363. The lowest BCUT2D eigenvalue weighted by atomic mass is 10.1. The van der Waals surface area contributed by atoms with Crippen molar-refractivity contribution in [2.45, 2.75) is 12.8 Å². The minimum Gasteiger partial charge on any atom is -0.480 e. The van der Waals surface area contributed by atoms with Crippen molar-refractivity contribution in [1.82, 2.24) is 0 Å². The highest BCUT2D eigenvalue weighted by atomic mass is 19.4. The lowest BCUT2D eigenvalue weighted by molar-refractivity contribution is -0.138. The largest absolute Gasteiger partial charge is 0.480 e. The van der Waals surface area contributed by atoms with Gasteiger partial charge in [0.1, 0.15) is 12.4 Å². The Morgan fingerprint density at radius 2 is 2.06 bits per heavy atom. The summed E-state index contributed by atoms with van der Waals surface area (Å²) in [7, 11) is 0. The van der Waals surface area contributed by atoms with Gasteiger partial charge in [-0.3, -0.25) is 0 Å². The van der Waals surface area contributed by atoms with Gasteiger partial charge in [-0.2, -0.15) is 13.2 Å². The maximum Gasteiger partial charge on any atom is 0.419 e. The summed E-state index contributed by atoms with van der Waals surface area (Å²) < 4.78 is 42.5. The third-order valence-corrected chi connectivity index (χ3v) is 1.84. The number of ether oxygens (including phenoxy) is 1. The average Bonchev–Trinajstić information content (AvgIpc) is 2.25. The van der Waals surface area contributed by atoms with Crippen molar-refractivity contribution in [2.24, 2.45) is 0 Å². The van der Waals surface area contributed by atoms with Gasteiger partial charge in [0, 0.05) is 0 Å². The van der Waals surface area contributed by atoms with Crippen LogP contribution in [0, 0.1) is 12.3 Å². The van der Waals surface area contributed by atoms with Crippen molar-refractivity contribution < 1.29 is 23.0 Å². The van der Waals surface area contributed by atoms with E-state index in [1.165, 1.54) is 6.07 Å². The molecule has 0 atom stereocenters. The summed E-state index contributed by atoms with van der Waals surface area (Å²) in [5.41, 5.74) is -0.769. The second-order valence-corrected chi connectivity index (χ2v) is 2.98. The maximum absolute atomic E-state index is 12.6. The predicted octanol–water partition coefficient (Wildman–Crippen LogP) is 2.21. The second-order valence-electron chi connectivity index (χ2n) is 2.98. The van der Waals surface area contributed by atoms with Crippen molar-refractivity contribution in [2.75, 3.05) is 6.61 Å². The Morgan fingerprint density at radius 3 is 2.56 bits per heavy atom. The van der Waals surface area contributed by atoms with Crippen molar-refractivity contribution in [3.05, 3.63) is 29.3 Å². The van der Waals surface area contributed by atoms with Gasteiger partial charge in [0.2, 0.25) is 0 Å². The molecule has 0 fully saturated rings. The minimum absolute atomic E-state index is 0.167. The molecule has 1 aromatic rings. The molecule has 1 aromatic carbocycles. The SMILES string of the molecule is C#CCOc1ccc(CO)cc1C(F)(F)F. The van der Waals surface area contributed by atoms with Gasteiger partial charge in [-0.05, 0) is 17.7 Å². The van der Waals surface area contributed by atoms with Crippen LogP contribution >= 0.6 is 0 Å². The third-order valence-electron chi connectivity index (χ3n) is 1.84. The zero-order chi connectivity index (χ0) is 12.2. The fourth-order valence-electron chi connectivity index (χ4n) is 1.14. The second kappa shape index (κ2) is 4.90. The van der Waals surface area contributed by atoms with Crippen LogP contribution in [0.5, 0.6) is 5.75 Å². The van der Waals surface area contributed by atoms with Gasteiger partial charge in [0.25, 0.3) is 0 Å². The minimum atomic E-state index is -4.53. The van der Waals surface area contributed by atoms with Crippen molar-refractivity contribution >= 4 is 0 Å². The molecule has 0 unspecified atom stereocenters. The van der Waals surface area contributed by atoms with Crippen LogP contribution in [-0.4, -0.2) is 11.7 Å². The van der Waals surface area contributed by atoms with E-state index >= 15 is 0 Å². The first-order valence-corrected chi connectivity index (χ1v) is 4.36. The molecule has 0 saturated carbocycles. The van der Waals surface area contributed by atoms with Crippen LogP contribution in [0.1, 0.15) is 11.1 Å². The lowest BCUT2D eigenvalue weighted by Gasteiger charge is -2.13. The Morgan fingerprint density at radius 1 is 1.38 bits per heavy atom. The smallest absolute Gasteiger partial charge is 0.419 e. The third kappa shape index (κ3) is 2.91. The van der Waals surface area contributed by atoms with Crippen LogP contribution in [0.2, 0.25) is 0 Å². The zero-order valence-electron chi connectivity index (χ0n) is 8.21. The number of terminal acetylenes is 1. The number of alkyl halides is 3. The maximum atomic E-state index is 12.6. The zero-order valence-corrected chi connectivity index (χ0v) is 8.21. The van der Waals surface area contributed by atoms with Crippen molar-refractivity contribution in [3.8, 4) is 18.1 Å². The molecular weight excluding hydrogens is 221 g/mol. The summed E-state index contributed by atoms with van der Waals surface area (Å²) in [5.74, 6) is 1.75. The molecule has 0 radical (unpaired) electrons. The van der Waals surface area contributed by atoms with Crippen molar-refractivity contribution in [3.63, 3.8) is 0 Å². The highest BCUT2D eigenvalue weighted by molar-refractivity contribution is 5.39. The van der Waals surface area contributed by atoms with E-state index in [-0.39, 0.29) is 17.9 Å². The first-order chi connectivity index (χ1) is 7.49. The van der Waals surface area contributed by atoms with Crippen LogP contribution in [-0.2, 0) is 12.8 Å². The number of rotatable bonds is 3. The highest BCUT2D eigenvalue weighted by Gasteiger charge is 2.34. The van der Waals surface area contributed by atoms with E-state index in [4.69, 9.17) is 16.3 Å². The number of aliphatic hydroxyl groups excluding tert-OH is 1. The first kappa shape index (κ1) is 12.4. The molecule has 1 N–H and O–H groups in total. The van der Waals surface area contributed by atoms with Crippen molar-refractivity contribution in [1.29, 1.82) is 0 Å². The Balaban J connectivity index is 3.12. The summed E-state index contributed by atoms with van der Waals surface area (Å²) in [5, 5.41) is 8.75. The number of hydrogen-bond donors (Lipinski definition) is 1. The molecule has 0 bridgehead atoms. The quantitative estimate of drug-likeness (QED) is 0.807. The van der Waals surface area contributed by atoms with Gasteiger partial charge in [-0.25, -0.2) is 0 Å². The Bertz CT molecular complexity index is 405. The number of hydrogen-bond acceptors (Lipinski definition) is 2. The fourth-order valence-corrected chi connectivity index (χ4v) is 1.14. The van der Waals surface area contributed by atoms with E-state index in [9.17, 15) is 13.2 Å². The summed E-state index contributed by atoms with van der Waals surface area (Å²) in [6, 6.07) is 3.33. The molecule has 0 aliphatic rings. The number of aliphatic hydroxyl groups is 1. The van der Waals surface area contributed by atoms with E-state index in [0.717, 1.165) is 12.1 Å². The van der Waals surface area contributed by atoms with Gasteiger partial charge in [-0.1, -0.05) is 12.0 Å². The van der Waals surface area contributed by atoms with Crippen LogP contribution < -0.4 is 4.74 Å². The van der Waals surface area contributed by atoms with Gasteiger partial charge < -0.3 is 9.84 Å². The van der Waals surface area contributed by atoms with E-state index in [2.05, 4.69) is 5.92 Å². The Hall–Kier alpha value is -1.67. The summed E-state index contributed by atoms with van der Waals surface area (Å²) in [4.78, 5) is 0. The molecule has 0 amide bonds. The standard InChI is InChI=1S/C11H9F3O2/c1-2-5-16-10-4-3-8(7-15)6-9(10)11(12,13)14/h1,3-4,6,15H,5,7H2. The van der Waals surface area contributed by atoms with Gasteiger partial charge >= 0.3 is 6.18 Å². The van der Waals surface area contributed by atoms with Gasteiger partial charge in [0.15, 0.2) is 0 Å². The highest BCUT2D eigenvalue weighted by Crippen LogP contribution is 2.36. The molecule has 5 heteroatoms. The lowest BCUT2D eigenvalue weighted by Crippen LogP contribution is -2.09. The van der Waals surface area contributed by atoms with Crippen LogP contribution in [0.3, 0.4) is 0 Å². The predicted molar refractivity (Wildman–Crippen MR) is 51.7 cm³/mol. The molecule has 16 heavy (non-hydrogen) atoms. The molecule has 0 aliphatic heterocycles. The summed E-state index contributed by atoms with van der Waals surface area (Å²) in [6.45, 7) is -0.694. The summed E-state index contributed by atoms with van der Waals surface area (Å²) >= 11 is 0. The topological polar surface area (TPSA) is 29.5 Å².